The maximum Gasteiger partial charge on any atom is 0.466 e. The van der Waals surface area contributed by atoms with Gasteiger partial charge in [0.05, 0.1) is 29.1 Å². The van der Waals surface area contributed by atoms with Crippen molar-refractivity contribution in [3.63, 3.8) is 0 Å². The van der Waals surface area contributed by atoms with Gasteiger partial charge in [-0.15, -0.1) is 0 Å². The maximum atomic E-state index is 12.1. The highest BCUT2D eigenvalue weighted by molar-refractivity contribution is 7.90. The van der Waals surface area contributed by atoms with Crippen LogP contribution in [0.3, 0.4) is 0 Å². The smallest absolute Gasteiger partial charge is 0.466 e. The molecule has 6 nitrogen and oxygen atoms in total. The largest absolute Gasteiger partial charge is 0.466 e. The normalized spacial score (nSPS) is 20.0. The van der Waals surface area contributed by atoms with E-state index in [9.17, 15) is 13.2 Å². The molecule has 1 fully saturated rings. The lowest BCUT2D eigenvalue weighted by atomic mass is 9.66. The van der Waals surface area contributed by atoms with Gasteiger partial charge in [0, 0.05) is 12.1 Å². The molecule has 1 aromatic carbocycles. The van der Waals surface area contributed by atoms with E-state index in [1.165, 1.54) is 12.1 Å². The zero-order valence-corrected chi connectivity index (χ0v) is 17.1. The number of rotatable bonds is 6. The van der Waals surface area contributed by atoms with Crippen LogP contribution in [0.5, 0.6) is 0 Å². The minimum atomic E-state index is -3.29. The Morgan fingerprint density at radius 2 is 1.62 bits per heavy atom. The molecular weight excluding hydrogens is 355 g/mol. The summed E-state index contributed by atoms with van der Waals surface area (Å²) in [5.41, 5.74) is -0.293. The van der Waals surface area contributed by atoms with Crippen LogP contribution in [0.4, 0.5) is 0 Å². The highest BCUT2D eigenvalue weighted by Gasteiger charge is 2.54. The zero-order chi connectivity index (χ0) is 19.8. The molecule has 0 saturated carbocycles. The quantitative estimate of drug-likeness (QED) is 0.556. The van der Waals surface area contributed by atoms with Gasteiger partial charge in [0.2, 0.25) is 0 Å². The predicted molar refractivity (Wildman–Crippen MR) is 99.6 cm³/mol. The van der Waals surface area contributed by atoms with E-state index in [1.807, 2.05) is 27.7 Å². The third kappa shape index (κ3) is 4.47. The van der Waals surface area contributed by atoms with Gasteiger partial charge in [0.15, 0.2) is 9.84 Å². The first-order chi connectivity index (χ1) is 11.9. The molecule has 1 heterocycles. The van der Waals surface area contributed by atoms with Crippen LogP contribution in [0.1, 0.15) is 52.4 Å². The first-order valence-corrected chi connectivity index (χ1v) is 10.6. The Bertz CT molecular complexity index is 738. The fourth-order valence-electron chi connectivity index (χ4n) is 2.79. The molecule has 1 aliphatic rings. The van der Waals surface area contributed by atoms with Crippen LogP contribution in [0.2, 0.25) is 0 Å². The van der Waals surface area contributed by atoms with Crippen LogP contribution in [-0.2, 0) is 28.7 Å². The minimum Gasteiger partial charge on any atom is -0.466 e. The summed E-state index contributed by atoms with van der Waals surface area (Å²) in [4.78, 5) is 12.3. The van der Waals surface area contributed by atoms with Crippen LogP contribution < -0.4 is 0 Å². The summed E-state index contributed by atoms with van der Waals surface area (Å²) in [5.74, 6) is -0.747. The molecule has 0 amide bonds. The van der Waals surface area contributed by atoms with Gasteiger partial charge >= 0.3 is 13.1 Å². The van der Waals surface area contributed by atoms with E-state index in [4.69, 9.17) is 14.0 Å². The van der Waals surface area contributed by atoms with E-state index in [0.717, 1.165) is 11.8 Å². The molecule has 0 spiro atoms. The highest BCUT2D eigenvalue weighted by atomic mass is 32.2. The van der Waals surface area contributed by atoms with Crippen molar-refractivity contribution in [2.75, 3.05) is 12.9 Å². The Morgan fingerprint density at radius 3 is 2.04 bits per heavy atom. The molecule has 1 saturated heterocycles. The van der Waals surface area contributed by atoms with Gasteiger partial charge in [-0.3, -0.25) is 4.79 Å². The first kappa shape index (κ1) is 20.9. The number of benzene rings is 1. The van der Waals surface area contributed by atoms with Gasteiger partial charge in [0.25, 0.3) is 0 Å². The van der Waals surface area contributed by atoms with Crippen molar-refractivity contribution >= 4 is 22.9 Å². The molecular formula is C18H27BO6S. The summed E-state index contributed by atoms with van der Waals surface area (Å²) < 4.78 is 40.7. The lowest BCUT2D eigenvalue weighted by Crippen LogP contribution is -2.41. The van der Waals surface area contributed by atoms with Crippen molar-refractivity contribution < 1.29 is 27.3 Å². The molecule has 1 aliphatic heterocycles. The van der Waals surface area contributed by atoms with Crippen molar-refractivity contribution in [2.24, 2.45) is 0 Å². The van der Waals surface area contributed by atoms with Gasteiger partial charge < -0.3 is 14.0 Å². The molecule has 144 valence electrons. The molecule has 0 aliphatic carbocycles. The minimum absolute atomic E-state index is 0.0862. The van der Waals surface area contributed by atoms with Crippen molar-refractivity contribution in [1.82, 2.24) is 0 Å². The molecule has 0 radical (unpaired) electrons. The van der Waals surface area contributed by atoms with Crippen LogP contribution in [-0.4, -0.2) is 45.6 Å². The van der Waals surface area contributed by atoms with E-state index in [1.54, 1.807) is 19.1 Å². The molecule has 1 aromatic rings. The zero-order valence-electron chi connectivity index (χ0n) is 16.2. The summed E-state index contributed by atoms with van der Waals surface area (Å²) in [7, 11) is -3.92. The average molecular weight is 382 g/mol. The molecule has 0 N–H and O–H groups in total. The lowest BCUT2D eigenvalue weighted by molar-refractivity contribution is -0.143. The summed E-state index contributed by atoms with van der Waals surface area (Å²) in [6.07, 6.45) is 1.25. The van der Waals surface area contributed by atoms with Crippen LogP contribution in [0.15, 0.2) is 29.2 Å². The Morgan fingerprint density at radius 1 is 1.12 bits per heavy atom. The van der Waals surface area contributed by atoms with E-state index >= 15 is 0 Å². The molecule has 0 aromatic heterocycles. The Hall–Kier alpha value is -1.38. The fourth-order valence-corrected chi connectivity index (χ4v) is 3.42. The van der Waals surface area contributed by atoms with Crippen molar-refractivity contribution in [3.05, 3.63) is 29.8 Å². The average Bonchev–Trinajstić information content (AvgIpc) is 2.72. The Kier molecular flexibility index (Phi) is 5.90. The van der Waals surface area contributed by atoms with Crippen molar-refractivity contribution in [1.29, 1.82) is 0 Å². The molecule has 2 rings (SSSR count). The number of carbonyl (C=O) groups is 1. The van der Waals surface area contributed by atoms with E-state index in [0.29, 0.717) is 6.61 Å². The topological polar surface area (TPSA) is 78.9 Å². The van der Waals surface area contributed by atoms with E-state index in [2.05, 4.69) is 0 Å². The maximum absolute atomic E-state index is 12.1. The summed E-state index contributed by atoms with van der Waals surface area (Å²) >= 11 is 0. The van der Waals surface area contributed by atoms with Gasteiger partial charge in [0.1, 0.15) is 0 Å². The second-order valence-electron chi connectivity index (χ2n) is 7.58. The fraction of sp³-hybridized carbons (Fsp3) is 0.611. The number of ether oxygens (including phenoxy) is 1. The summed E-state index contributed by atoms with van der Waals surface area (Å²) in [6.45, 7) is 9.83. The number of carbonyl (C=O) groups excluding carboxylic acids is 1. The van der Waals surface area contributed by atoms with Crippen molar-refractivity contribution in [3.8, 4) is 0 Å². The molecule has 26 heavy (non-hydrogen) atoms. The highest BCUT2D eigenvalue weighted by Crippen LogP contribution is 2.41. The standard InChI is InChI=1S/C18H27BO6S/c1-7-23-16(20)12-15(19-24-17(2,3)18(4,5)25-19)13-8-10-14(11-9-13)26(6,21)22/h8-11,15H,7,12H2,1-6H3. The van der Waals surface area contributed by atoms with Gasteiger partial charge in [-0.1, -0.05) is 12.1 Å². The number of sulfone groups is 1. The Balaban J connectivity index is 2.34. The van der Waals surface area contributed by atoms with Crippen LogP contribution in [0.25, 0.3) is 0 Å². The van der Waals surface area contributed by atoms with E-state index in [-0.39, 0.29) is 17.3 Å². The number of hydrogen-bond donors (Lipinski definition) is 0. The van der Waals surface area contributed by atoms with Crippen molar-refractivity contribution in [2.45, 2.75) is 63.0 Å². The second-order valence-corrected chi connectivity index (χ2v) is 9.60. The number of hydrogen-bond acceptors (Lipinski definition) is 6. The van der Waals surface area contributed by atoms with E-state index < -0.39 is 34.0 Å². The number of esters is 1. The molecule has 0 bridgehead atoms. The monoisotopic (exact) mass is 382 g/mol. The lowest BCUT2D eigenvalue weighted by Gasteiger charge is -2.32. The second kappa shape index (κ2) is 7.33. The third-order valence-corrected chi connectivity index (χ3v) is 6.16. The summed E-state index contributed by atoms with van der Waals surface area (Å²) in [5, 5.41) is 0. The van der Waals surface area contributed by atoms with Crippen LogP contribution in [0, 0.1) is 0 Å². The molecule has 1 atom stereocenters. The summed E-state index contributed by atoms with van der Waals surface area (Å²) in [6, 6.07) is 6.47. The third-order valence-electron chi connectivity index (χ3n) is 5.03. The van der Waals surface area contributed by atoms with Gasteiger partial charge in [-0.25, -0.2) is 8.42 Å². The first-order valence-electron chi connectivity index (χ1n) is 8.68. The predicted octanol–water partition coefficient (Wildman–Crippen LogP) is 2.76. The Labute approximate surface area is 156 Å². The van der Waals surface area contributed by atoms with Gasteiger partial charge in [-0.05, 0) is 52.3 Å². The van der Waals surface area contributed by atoms with Gasteiger partial charge in [-0.2, -0.15) is 0 Å². The molecule has 8 heteroatoms. The molecule has 1 unspecified atom stereocenters. The van der Waals surface area contributed by atoms with Crippen LogP contribution >= 0.6 is 0 Å². The SMILES string of the molecule is CCOC(=O)CC(B1OC(C)(C)C(C)(C)O1)c1ccc(S(C)(=O)=O)cc1.